The first kappa shape index (κ1) is 16.7. The van der Waals surface area contributed by atoms with Gasteiger partial charge in [0.1, 0.15) is 0 Å². The van der Waals surface area contributed by atoms with Crippen LogP contribution < -0.4 is 5.32 Å². The van der Waals surface area contributed by atoms with Gasteiger partial charge >= 0.3 is 5.97 Å². The van der Waals surface area contributed by atoms with E-state index in [1.165, 1.54) is 10.9 Å². The van der Waals surface area contributed by atoms with E-state index in [-0.39, 0.29) is 24.9 Å². The van der Waals surface area contributed by atoms with E-state index in [4.69, 9.17) is 5.11 Å². The van der Waals surface area contributed by atoms with Gasteiger partial charge in [-0.15, -0.1) is 0 Å². The van der Waals surface area contributed by atoms with Crippen LogP contribution in [0.25, 0.3) is 0 Å². The largest absolute Gasteiger partial charge is 0.481 e. The summed E-state index contributed by atoms with van der Waals surface area (Å²) in [5.74, 6) is -1.13. The van der Waals surface area contributed by atoms with Crippen LogP contribution in [-0.2, 0) is 17.9 Å². The third kappa shape index (κ3) is 4.67. The zero-order valence-electron chi connectivity index (χ0n) is 13.5. The maximum atomic E-state index is 12.2. The van der Waals surface area contributed by atoms with Gasteiger partial charge in [-0.3, -0.25) is 19.0 Å². The van der Waals surface area contributed by atoms with Crippen molar-refractivity contribution < 1.29 is 14.7 Å². The number of aliphatic carboxylic acids is 1. The number of carboxylic acids is 1. The molecule has 23 heavy (non-hydrogen) atoms. The first-order valence-corrected chi connectivity index (χ1v) is 7.41. The molecule has 1 amide bonds. The number of nitrogens with zero attached hydrogens (tertiary/aromatic N) is 4. The highest BCUT2D eigenvalue weighted by Crippen LogP contribution is 2.04. The van der Waals surface area contributed by atoms with Gasteiger partial charge in [0.2, 0.25) is 0 Å². The van der Waals surface area contributed by atoms with Gasteiger partial charge < -0.3 is 10.4 Å². The summed E-state index contributed by atoms with van der Waals surface area (Å²) in [4.78, 5) is 22.7. The normalized spacial score (nSPS) is 12.1. The highest BCUT2D eigenvalue weighted by Gasteiger charge is 2.14. The lowest BCUT2D eigenvalue weighted by Gasteiger charge is -2.14. The molecule has 0 spiro atoms. The molecular formula is C15H21N5O3. The average Bonchev–Trinajstić information content (AvgIpc) is 3.03. The van der Waals surface area contributed by atoms with E-state index in [1.54, 1.807) is 6.20 Å². The molecule has 0 aliphatic heterocycles. The molecule has 0 saturated heterocycles. The third-order valence-corrected chi connectivity index (χ3v) is 3.38. The molecule has 2 aromatic rings. The summed E-state index contributed by atoms with van der Waals surface area (Å²) in [6.07, 6.45) is 2.96. The second-order valence-corrected chi connectivity index (χ2v) is 5.62. The van der Waals surface area contributed by atoms with Gasteiger partial charge in [-0.05, 0) is 26.8 Å². The zero-order valence-corrected chi connectivity index (χ0v) is 13.5. The molecule has 124 valence electrons. The molecule has 1 atom stereocenters. The molecule has 2 N–H and O–H groups in total. The Hall–Kier alpha value is -2.64. The molecule has 0 aliphatic rings. The smallest absolute Gasteiger partial charge is 0.305 e. The Kier molecular flexibility index (Phi) is 5.15. The Bertz CT molecular complexity index is 704. The second-order valence-electron chi connectivity index (χ2n) is 5.62. The van der Waals surface area contributed by atoms with Crippen molar-refractivity contribution in [1.82, 2.24) is 24.9 Å². The summed E-state index contributed by atoms with van der Waals surface area (Å²) < 4.78 is 3.31. The van der Waals surface area contributed by atoms with Crippen LogP contribution in [-0.4, -0.2) is 42.6 Å². The Labute approximate surface area is 134 Å². The summed E-state index contributed by atoms with van der Waals surface area (Å²) in [6, 6.07) is 1.89. The fraction of sp³-hybridized carbons (Fsp3) is 0.467. The predicted octanol–water partition coefficient (Wildman–Crippen LogP) is 0.990. The number of hydrogen-bond acceptors (Lipinski definition) is 4. The van der Waals surface area contributed by atoms with Crippen molar-refractivity contribution in [2.75, 3.05) is 0 Å². The number of carbonyl (C=O) groups excluding carboxylic acids is 1. The summed E-state index contributed by atoms with van der Waals surface area (Å²) in [5.41, 5.74) is 2.40. The molecule has 0 saturated carbocycles. The monoisotopic (exact) mass is 319 g/mol. The molecule has 0 aromatic carbocycles. The van der Waals surface area contributed by atoms with Crippen LogP contribution >= 0.6 is 0 Å². The molecule has 2 rings (SSSR count). The van der Waals surface area contributed by atoms with Gasteiger partial charge in [0.05, 0.1) is 37.0 Å². The van der Waals surface area contributed by atoms with Gasteiger partial charge in [-0.1, -0.05) is 0 Å². The first-order valence-electron chi connectivity index (χ1n) is 7.41. The van der Waals surface area contributed by atoms with E-state index >= 15 is 0 Å². The summed E-state index contributed by atoms with van der Waals surface area (Å²) in [5, 5.41) is 19.9. The fourth-order valence-corrected chi connectivity index (χ4v) is 2.29. The lowest BCUT2D eigenvalue weighted by Crippen LogP contribution is -2.36. The average molecular weight is 319 g/mol. The Morgan fingerprint density at radius 1 is 1.39 bits per heavy atom. The van der Waals surface area contributed by atoms with Gasteiger partial charge in [-0.2, -0.15) is 10.2 Å². The number of aromatic nitrogens is 4. The highest BCUT2D eigenvalue weighted by molar-refractivity contribution is 5.93. The van der Waals surface area contributed by atoms with E-state index in [0.29, 0.717) is 12.1 Å². The topological polar surface area (TPSA) is 102 Å². The molecule has 2 heterocycles. The molecule has 8 nitrogen and oxygen atoms in total. The number of carboxylic acid groups (broad SMARTS) is 1. The van der Waals surface area contributed by atoms with Gasteiger partial charge in [-0.25, -0.2) is 0 Å². The highest BCUT2D eigenvalue weighted by atomic mass is 16.4. The van der Waals surface area contributed by atoms with E-state index in [0.717, 1.165) is 11.4 Å². The Morgan fingerprint density at radius 3 is 2.74 bits per heavy atom. The predicted molar refractivity (Wildman–Crippen MR) is 83.1 cm³/mol. The molecule has 1 unspecified atom stereocenters. The van der Waals surface area contributed by atoms with Crippen molar-refractivity contribution in [1.29, 1.82) is 0 Å². The molecule has 0 bridgehead atoms. The van der Waals surface area contributed by atoms with Crippen LogP contribution in [0.4, 0.5) is 0 Å². The van der Waals surface area contributed by atoms with Crippen molar-refractivity contribution >= 4 is 11.9 Å². The minimum atomic E-state index is -0.898. The van der Waals surface area contributed by atoms with Crippen molar-refractivity contribution in [2.45, 2.75) is 46.3 Å². The van der Waals surface area contributed by atoms with Crippen LogP contribution in [0.1, 0.15) is 35.1 Å². The van der Waals surface area contributed by atoms with Gasteiger partial charge in [0, 0.05) is 17.9 Å². The third-order valence-electron chi connectivity index (χ3n) is 3.38. The number of rotatable bonds is 7. The standard InChI is InChI=1S/C15H21N5O3/c1-10-6-12(3)20(18-10)8-11(2)17-15(23)13-7-16-19(9-13)5-4-14(21)22/h6-7,9,11H,4-5,8H2,1-3H3,(H,17,23)(H,21,22). The van der Waals surface area contributed by atoms with Crippen molar-refractivity contribution in [3.8, 4) is 0 Å². The first-order chi connectivity index (χ1) is 10.8. The number of carbonyl (C=O) groups is 2. The van der Waals surface area contributed by atoms with E-state index in [1.807, 2.05) is 31.5 Å². The zero-order chi connectivity index (χ0) is 17.0. The van der Waals surface area contributed by atoms with E-state index < -0.39 is 5.97 Å². The minimum Gasteiger partial charge on any atom is -0.481 e. The quantitative estimate of drug-likeness (QED) is 0.792. The van der Waals surface area contributed by atoms with E-state index in [9.17, 15) is 9.59 Å². The van der Waals surface area contributed by atoms with Crippen LogP contribution in [0.2, 0.25) is 0 Å². The van der Waals surface area contributed by atoms with Gasteiger partial charge in [0.15, 0.2) is 0 Å². The Balaban J connectivity index is 1.90. The molecular weight excluding hydrogens is 298 g/mol. The second kappa shape index (κ2) is 7.08. The lowest BCUT2D eigenvalue weighted by molar-refractivity contribution is -0.137. The van der Waals surface area contributed by atoms with Gasteiger partial charge in [0.25, 0.3) is 5.91 Å². The molecule has 0 fully saturated rings. The molecule has 0 radical (unpaired) electrons. The van der Waals surface area contributed by atoms with Crippen molar-refractivity contribution in [3.63, 3.8) is 0 Å². The maximum absolute atomic E-state index is 12.2. The van der Waals surface area contributed by atoms with E-state index in [2.05, 4.69) is 15.5 Å². The fourth-order valence-electron chi connectivity index (χ4n) is 2.29. The van der Waals surface area contributed by atoms with Crippen LogP contribution in [0.3, 0.4) is 0 Å². The SMILES string of the molecule is Cc1cc(C)n(CC(C)NC(=O)c2cnn(CCC(=O)O)c2)n1. The molecule has 8 heteroatoms. The number of nitrogens with one attached hydrogen (secondary N) is 1. The molecule has 2 aromatic heterocycles. The summed E-state index contributed by atoms with van der Waals surface area (Å²) in [7, 11) is 0. The van der Waals surface area contributed by atoms with Crippen LogP contribution in [0.5, 0.6) is 0 Å². The Morgan fingerprint density at radius 2 is 2.13 bits per heavy atom. The summed E-state index contributed by atoms with van der Waals surface area (Å²) in [6.45, 7) is 6.63. The van der Waals surface area contributed by atoms with Crippen LogP contribution in [0, 0.1) is 13.8 Å². The minimum absolute atomic E-state index is 0.0307. The maximum Gasteiger partial charge on any atom is 0.305 e. The van der Waals surface area contributed by atoms with Crippen molar-refractivity contribution in [2.24, 2.45) is 0 Å². The number of amides is 1. The van der Waals surface area contributed by atoms with Crippen molar-refractivity contribution in [3.05, 3.63) is 35.4 Å². The number of aryl methyl sites for hydroxylation is 3. The summed E-state index contributed by atoms with van der Waals surface area (Å²) >= 11 is 0. The lowest BCUT2D eigenvalue weighted by atomic mass is 10.2. The molecule has 0 aliphatic carbocycles. The number of hydrogen-bond donors (Lipinski definition) is 2. The van der Waals surface area contributed by atoms with Crippen LogP contribution in [0.15, 0.2) is 18.5 Å².